The summed E-state index contributed by atoms with van der Waals surface area (Å²) in [6, 6.07) is 0. The number of likely N-dealkylation sites (N-methyl/N-ethyl adjacent to an activating group) is 1. The first-order chi connectivity index (χ1) is 8.28. The molecule has 0 fully saturated rings. The maximum absolute atomic E-state index is 10.7. The van der Waals surface area contributed by atoms with Gasteiger partial charge in [-0.25, -0.2) is 0 Å². The summed E-state index contributed by atoms with van der Waals surface area (Å²) in [7, 11) is 5.71. The number of quaternary nitrogens is 1. The van der Waals surface area contributed by atoms with E-state index in [0.29, 0.717) is 23.6 Å². The van der Waals surface area contributed by atoms with E-state index in [2.05, 4.69) is 0 Å². The van der Waals surface area contributed by atoms with Gasteiger partial charge in [0.15, 0.2) is 0 Å². The lowest BCUT2D eigenvalue weighted by Gasteiger charge is -2.31. The van der Waals surface area contributed by atoms with Crippen molar-refractivity contribution in [3.8, 4) is 0 Å². The number of aldehydes is 2. The van der Waals surface area contributed by atoms with E-state index in [1.807, 2.05) is 21.1 Å². The molecule has 0 aromatic carbocycles. The number of carboxylic acids is 1. The van der Waals surface area contributed by atoms with Gasteiger partial charge in [-0.1, -0.05) is 0 Å². The number of carboxylic acid groups (broad SMARTS) is 1. The van der Waals surface area contributed by atoms with Crippen molar-refractivity contribution in [2.75, 3.05) is 27.7 Å². The molecule has 0 aromatic rings. The normalized spacial score (nSPS) is 13.3. The Kier molecular flexibility index (Phi) is 7.38. The van der Waals surface area contributed by atoms with Gasteiger partial charge in [0, 0.05) is 25.2 Å². The largest absolute Gasteiger partial charge is 0.550 e. The molecule has 0 bridgehead atoms. The molecule has 0 saturated heterocycles. The number of aliphatic carboxylic acids is 1. The molecule has 0 saturated carbocycles. The van der Waals surface area contributed by atoms with Crippen LogP contribution in [0.5, 0.6) is 0 Å². The molecule has 104 valence electrons. The number of rotatable bonds is 10. The average Bonchev–Trinajstić information content (AvgIpc) is 2.14. The van der Waals surface area contributed by atoms with Crippen LogP contribution in [0.15, 0.2) is 0 Å². The lowest BCUT2D eigenvalue weighted by Crippen LogP contribution is -2.45. The van der Waals surface area contributed by atoms with Crippen LogP contribution in [0.25, 0.3) is 0 Å². The van der Waals surface area contributed by atoms with E-state index in [4.69, 9.17) is 4.74 Å². The first-order valence-corrected chi connectivity index (χ1v) is 5.81. The molecular formula is C12H21NO5. The molecule has 0 aliphatic heterocycles. The Morgan fingerprint density at radius 3 is 2.00 bits per heavy atom. The standard InChI is InChI=1S/C12H21NO5/c1-13(2,3)9-11(8-12(16)17)18-10(4-6-14)5-7-15/h6-7,10-11H,4-5,8-9H2,1-3H3. The summed E-state index contributed by atoms with van der Waals surface area (Å²) in [5.74, 6) is -1.20. The van der Waals surface area contributed by atoms with Gasteiger partial charge < -0.3 is 28.7 Å². The van der Waals surface area contributed by atoms with E-state index in [9.17, 15) is 19.5 Å². The second-order valence-electron chi connectivity index (χ2n) is 5.23. The van der Waals surface area contributed by atoms with Crippen LogP contribution in [0.1, 0.15) is 19.3 Å². The van der Waals surface area contributed by atoms with Crippen molar-refractivity contribution in [2.24, 2.45) is 0 Å². The average molecular weight is 259 g/mol. The first kappa shape index (κ1) is 16.7. The summed E-state index contributed by atoms with van der Waals surface area (Å²) in [4.78, 5) is 31.6. The molecule has 6 nitrogen and oxygen atoms in total. The first-order valence-electron chi connectivity index (χ1n) is 5.81. The molecule has 0 radical (unpaired) electrons. The van der Waals surface area contributed by atoms with Crippen molar-refractivity contribution in [1.29, 1.82) is 0 Å². The number of ether oxygens (including phenoxy) is 1. The Bertz CT molecular complexity index is 275. The molecule has 0 aromatic heterocycles. The summed E-state index contributed by atoms with van der Waals surface area (Å²) in [6.07, 6.45) is 0.116. The number of carbonyl (C=O) groups is 3. The molecule has 0 amide bonds. The second kappa shape index (κ2) is 7.94. The summed E-state index contributed by atoms with van der Waals surface area (Å²) in [5, 5.41) is 10.7. The molecule has 0 spiro atoms. The van der Waals surface area contributed by atoms with E-state index >= 15 is 0 Å². The fraction of sp³-hybridized carbons (Fsp3) is 0.750. The minimum Gasteiger partial charge on any atom is -0.550 e. The van der Waals surface area contributed by atoms with Gasteiger partial charge in [0.05, 0.1) is 27.2 Å². The number of nitrogens with zero attached hydrogens (tertiary/aromatic N) is 1. The number of hydrogen-bond donors (Lipinski definition) is 0. The van der Waals surface area contributed by atoms with Crippen LogP contribution in [0.2, 0.25) is 0 Å². The predicted octanol–water partition coefficient (Wildman–Crippen LogP) is -1.24. The Balaban J connectivity index is 4.56. The third-order valence-corrected chi connectivity index (χ3v) is 2.25. The van der Waals surface area contributed by atoms with Crippen LogP contribution in [-0.4, -0.2) is 62.9 Å². The third kappa shape index (κ3) is 8.83. The highest BCUT2D eigenvalue weighted by molar-refractivity contribution is 5.64. The quantitative estimate of drug-likeness (QED) is 0.362. The van der Waals surface area contributed by atoms with Gasteiger partial charge >= 0.3 is 0 Å². The molecule has 18 heavy (non-hydrogen) atoms. The van der Waals surface area contributed by atoms with Crippen molar-refractivity contribution in [1.82, 2.24) is 0 Å². The van der Waals surface area contributed by atoms with E-state index in [1.165, 1.54) is 0 Å². The zero-order valence-electron chi connectivity index (χ0n) is 11.1. The highest BCUT2D eigenvalue weighted by atomic mass is 16.5. The lowest BCUT2D eigenvalue weighted by atomic mass is 10.1. The SMILES string of the molecule is C[N+](C)(C)CC(CC(=O)[O-])OC(CC=O)CC=O. The monoisotopic (exact) mass is 259 g/mol. The van der Waals surface area contributed by atoms with Crippen LogP contribution in [0.3, 0.4) is 0 Å². The molecule has 0 heterocycles. The second-order valence-corrected chi connectivity index (χ2v) is 5.23. The highest BCUT2D eigenvalue weighted by Gasteiger charge is 2.22. The predicted molar refractivity (Wildman–Crippen MR) is 62.5 cm³/mol. The van der Waals surface area contributed by atoms with Crippen LogP contribution in [0, 0.1) is 0 Å². The Morgan fingerprint density at radius 2 is 1.67 bits per heavy atom. The van der Waals surface area contributed by atoms with Crippen LogP contribution < -0.4 is 5.11 Å². The summed E-state index contributed by atoms with van der Waals surface area (Å²) in [5.41, 5.74) is 0. The van der Waals surface area contributed by atoms with Gasteiger partial charge in [-0.15, -0.1) is 0 Å². The summed E-state index contributed by atoms with van der Waals surface area (Å²) >= 11 is 0. The Morgan fingerprint density at radius 1 is 1.17 bits per heavy atom. The maximum atomic E-state index is 10.7. The molecule has 6 heteroatoms. The minimum atomic E-state index is -1.20. The van der Waals surface area contributed by atoms with Gasteiger partial charge in [0.25, 0.3) is 0 Å². The summed E-state index contributed by atoms with van der Waals surface area (Å²) in [6.45, 7) is 0.461. The van der Waals surface area contributed by atoms with Crippen molar-refractivity contribution in [3.05, 3.63) is 0 Å². The fourth-order valence-corrected chi connectivity index (χ4v) is 1.65. The van der Waals surface area contributed by atoms with Crippen LogP contribution in [-0.2, 0) is 19.1 Å². The van der Waals surface area contributed by atoms with Gasteiger partial charge in [-0.2, -0.15) is 0 Å². The molecule has 0 rings (SSSR count). The third-order valence-electron chi connectivity index (χ3n) is 2.25. The smallest absolute Gasteiger partial charge is 0.122 e. The van der Waals surface area contributed by atoms with E-state index < -0.39 is 18.2 Å². The van der Waals surface area contributed by atoms with Crippen molar-refractivity contribution in [2.45, 2.75) is 31.5 Å². The zero-order chi connectivity index (χ0) is 14.2. The zero-order valence-corrected chi connectivity index (χ0v) is 11.1. The Hall–Kier alpha value is -1.27. The van der Waals surface area contributed by atoms with Crippen molar-refractivity contribution in [3.63, 3.8) is 0 Å². The topological polar surface area (TPSA) is 83.5 Å². The van der Waals surface area contributed by atoms with Gasteiger partial charge in [-0.05, 0) is 0 Å². The molecular weight excluding hydrogens is 238 g/mol. The van der Waals surface area contributed by atoms with E-state index in [0.717, 1.165) is 0 Å². The van der Waals surface area contributed by atoms with Gasteiger partial charge in [-0.3, -0.25) is 0 Å². The van der Waals surface area contributed by atoms with Crippen molar-refractivity contribution < 1.29 is 28.7 Å². The maximum Gasteiger partial charge on any atom is 0.122 e. The van der Waals surface area contributed by atoms with Gasteiger partial charge in [0.2, 0.25) is 0 Å². The molecule has 0 aliphatic carbocycles. The minimum absolute atomic E-state index is 0.0828. The molecule has 1 unspecified atom stereocenters. The molecule has 1 atom stereocenters. The van der Waals surface area contributed by atoms with E-state index in [1.54, 1.807) is 0 Å². The van der Waals surface area contributed by atoms with Gasteiger partial charge in [0.1, 0.15) is 25.2 Å². The van der Waals surface area contributed by atoms with Crippen LogP contribution >= 0.6 is 0 Å². The molecule has 0 aliphatic rings. The molecule has 0 N–H and O–H groups in total. The lowest BCUT2D eigenvalue weighted by molar-refractivity contribution is -0.873. The number of hydrogen-bond acceptors (Lipinski definition) is 5. The van der Waals surface area contributed by atoms with E-state index in [-0.39, 0.29) is 19.3 Å². The Labute approximate surface area is 107 Å². The number of carbonyl (C=O) groups excluding carboxylic acids is 3. The van der Waals surface area contributed by atoms with Crippen molar-refractivity contribution >= 4 is 18.5 Å². The van der Waals surface area contributed by atoms with Crippen LogP contribution in [0.4, 0.5) is 0 Å². The fourth-order valence-electron chi connectivity index (χ4n) is 1.65. The summed E-state index contributed by atoms with van der Waals surface area (Å²) < 4.78 is 6.04. The highest BCUT2D eigenvalue weighted by Crippen LogP contribution is 2.11.